The Bertz CT molecular complexity index is 1130. The standard InChI is InChI=1S/C22H26N6O2S/c1-14(2)28-13-25-19-20(26-22(27-21(19)28)24-10-18(30)11-29)23-9-15-3-5-16(6-4-15)17-7-8-31-12-17/h3-8,12-14,18,29-30H,9-11H2,1-2H3,(H2,23,24,26,27). The molecular formula is C22H26N6O2S. The highest BCUT2D eigenvalue weighted by Crippen LogP contribution is 2.25. The highest BCUT2D eigenvalue weighted by atomic mass is 32.1. The van der Waals surface area contributed by atoms with Crippen molar-refractivity contribution in [3.8, 4) is 11.1 Å². The van der Waals surface area contributed by atoms with Crippen molar-refractivity contribution in [1.29, 1.82) is 0 Å². The number of hydrogen-bond donors (Lipinski definition) is 4. The molecule has 0 aliphatic carbocycles. The Hall–Kier alpha value is -3.01. The predicted octanol–water partition coefficient (Wildman–Crippen LogP) is 3.51. The van der Waals surface area contributed by atoms with Gasteiger partial charge in [-0.3, -0.25) is 0 Å². The maximum Gasteiger partial charge on any atom is 0.226 e. The fourth-order valence-corrected chi connectivity index (χ4v) is 3.86. The van der Waals surface area contributed by atoms with E-state index in [9.17, 15) is 5.11 Å². The molecule has 0 saturated heterocycles. The molecular weight excluding hydrogens is 412 g/mol. The van der Waals surface area contributed by atoms with Crippen LogP contribution in [0.2, 0.25) is 0 Å². The topological polar surface area (TPSA) is 108 Å². The van der Waals surface area contributed by atoms with Gasteiger partial charge in [0.15, 0.2) is 17.0 Å². The van der Waals surface area contributed by atoms with Crippen LogP contribution in [0.1, 0.15) is 25.5 Å². The highest BCUT2D eigenvalue weighted by molar-refractivity contribution is 7.08. The van der Waals surface area contributed by atoms with Crippen LogP contribution in [0.5, 0.6) is 0 Å². The molecule has 0 aliphatic rings. The van der Waals surface area contributed by atoms with E-state index in [1.54, 1.807) is 17.7 Å². The molecule has 0 bridgehead atoms. The van der Waals surface area contributed by atoms with Crippen LogP contribution < -0.4 is 10.6 Å². The largest absolute Gasteiger partial charge is 0.394 e. The van der Waals surface area contributed by atoms with Crippen LogP contribution in [0.3, 0.4) is 0 Å². The Kier molecular flexibility index (Phi) is 6.45. The fourth-order valence-electron chi connectivity index (χ4n) is 3.20. The molecule has 162 valence electrons. The van der Waals surface area contributed by atoms with Gasteiger partial charge in [0.1, 0.15) is 0 Å². The van der Waals surface area contributed by atoms with Crippen molar-refractivity contribution in [2.75, 3.05) is 23.8 Å². The zero-order valence-corrected chi connectivity index (χ0v) is 18.3. The second-order valence-corrected chi connectivity index (χ2v) is 8.37. The highest BCUT2D eigenvalue weighted by Gasteiger charge is 2.15. The van der Waals surface area contributed by atoms with Crippen LogP contribution in [-0.4, -0.2) is 49.0 Å². The molecule has 4 N–H and O–H groups in total. The molecule has 9 heteroatoms. The maximum atomic E-state index is 9.65. The first kappa shape index (κ1) is 21.2. The third-order valence-corrected chi connectivity index (χ3v) is 5.64. The summed E-state index contributed by atoms with van der Waals surface area (Å²) >= 11 is 1.69. The average Bonchev–Trinajstić information content (AvgIpc) is 3.46. The fraction of sp³-hybridized carbons (Fsp3) is 0.318. The van der Waals surface area contributed by atoms with Gasteiger partial charge in [-0.05, 0) is 47.4 Å². The van der Waals surface area contributed by atoms with Gasteiger partial charge in [0.2, 0.25) is 5.95 Å². The van der Waals surface area contributed by atoms with E-state index in [0.717, 1.165) is 5.56 Å². The molecule has 0 amide bonds. The number of nitrogens with one attached hydrogen (secondary N) is 2. The molecule has 0 aliphatic heterocycles. The van der Waals surface area contributed by atoms with Crippen molar-refractivity contribution in [3.05, 3.63) is 53.0 Å². The normalized spacial score (nSPS) is 12.4. The van der Waals surface area contributed by atoms with Crippen molar-refractivity contribution >= 4 is 34.3 Å². The second kappa shape index (κ2) is 9.42. The van der Waals surface area contributed by atoms with Crippen LogP contribution in [0.15, 0.2) is 47.4 Å². The molecule has 3 heterocycles. The van der Waals surface area contributed by atoms with Gasteiger partial charge in [-0.25, -0.2) is 4.98 Å². The summed E-state index contributed by atoms with van der Waals surface area (Å²) in [7, 11) is 0. The number of thiophene rings is 1. The monoisotopic (exact) mass is 438 g/mol. The molecule has 1 unspecified atom stereocenters. The molecule has 3 aromatic heterocycles. The van der Waals surface area contributed by atoms with Gasteiger partial charge in [-0.2, -0.15) is 21.3 Å². The quantitative estimate of drug-likeness (QED) is 0.317. The Morgan fingerprint density at radius 1 is 1.06 bits per heavy atom. The molecule has 4 aromatic rings. The molecule has 4 rings (SSSR count). The summed E-state index contributed by atoms with van der Waals surface area (Å²) in [6.45, 7) is 4.54. The molecule has 0 fully saturated rings. The van der Waals surface area contributed by atoms with Gasteiger partial charge >= 0.3 is 0 Å². The van der Waals surface area contributed by atoms with Gasteiger partial charge in [-0.1, -0.05) is 24.3 Å². The summed E-state index contributed by atoms with van der Waals surface area (Å²) in [6, 6.07) is 10.7. The van der Waals surface area contributed by atoms with Crippen molar-refractivity contribution < 1.29 is 10.2 Å². The number of nitrogens with zero attached hydrogens (tertiary/aromatic N) is 4. The van der Waals surface area contributed by atoms with Gasteiger partial charge in [-0.15, -0.1) is 0 Å². The molecule has 0 radical (unpaired) electrons. The van der Waals surface area contributed by atoms with E-state index in [-0.39, 0.29) is 19.2 Å². The zero-order valence-electron chi connectivity index (χ0n) is 17.5. The lowest BCUT2D eigenvalue weighted by atomic mass is 10.1. The van der Waals surface area contributed by atoms with Crippen molar-refractivity contribution in [3.63, 3.8) is 0 Å². The van der Waals surface area contributed by atoms with E-state index in [0.29, 0.717) is 29.5 Å². The van der Waals surface area contributed by atoms with Gasteiger partial charge < -0.3 is 25.4 Å². The summed E-state index contributed by atoms with van der Waals surface area (Å²) in [4.78, 5) is 13.6. The number of fused-ring (bicyclic) bond motifs is 1. The van der Waals surface area contributed by atoms with E-state index in [1.807, 2.05) is 4.57 Å². The van der Waals surface area contributed by atoms with Gasteiger partial charge in [0.05, 0.1) is 19.0 Å². The number of aromatic nitrogens is 4. The predicted molar refractivity (Wildman–Crippen MR) is 124 cm³/mol. The smallest absolute Gasteiger partial charge is 0.226 e. The SMILES string of the molecule is CC(C)n1cnc2c(NCc3ccc(-c4ccsc4)cc3)nc(NCC(O)CO)nc21. The van der Waals surface area contributed by atoms with Crippen LogP contribution in [0, 0.1) is 0 Å². The maximum absolute atomic E-state index is 9.65. The third kappa shape index (κ3) is 4.84. The number of imidazole rings is 1. The summed E-state index contributed by atoms with van der Waals surface area (Å²) in [6.07, 6.45) is 0.879. The molecule has 0 spiro atoms. The Morgan fingerprint density at radius 2 is 1.87 bits per heavy atom. The van der Waals surface area contributed by atoms with Crippen LogP contribution >= 0.6 is 11.3 Å². The van der Waals surface area contributed by atoms with Crippen LogP contribution in [-0.2, 0) is 6.54 Å². The first-order valence-electron chi connectivity index (χ1n) is 10.2. The minimum Gasteiger partial charge on any atom is -0.394 e. The number of rotatable bonds is 9. The Morgan fingerprint density at radius 3 is 2.55 bits per heavy atom. The second-order valence-electron chi connectivity index (χ2n) is 7.59. The number of aliphatic hydroxyl groups excluding tert-OH is 2. The lowest BCUT2D eigenvalue weighted by Gasteiger charge is -2.13. The van der Waals surface area contributed by atoms with Crippen molar-refractivity contribution in [2.45, 2.75) is 32.5 Å². The summed E-state index contributed by atoms with van der Waals surface area (Å²) < 4.78 is 1.98. The minimum atomic E-state index is -0.882. The van der Waals surface area contributed by atoms with E-state index in [2.05, 4.69) is 80.5 Å². The van der Waals surface area contributed by atoms with Gasteiger partial charge in [0.25, 0.3) is 0 Å². The van der Waals surface area contributed by atoms with E-state index >= 15 is 0 Å². The lowest BCUT2D eigenvalue weighted by Crippen LogP contribution is -2.24. The van der Waals surface area contributed by atoms with Crippen LogP contribution in [0.25, 0.3) is 22.3 Å². The first-order valence-corrected chi connectivity index (χ1v) is 11.1. The Labute approximate surface area is 184 Å². The summed E-state index contributed by atoms with van der Waals surface area (Å²) in [5.41, 5.74) is 4.94. The van der Waals surface area contributed by atoms with Crippen molar-refractivity contribution in [2.24, 2.45) is 0 Å². The number of anilines is 2. The zero-order chi connectivity index (χ0) is 21.8. The average molecular weight is 439 g/mol. The molecule has 8 nitrogen and oxygen atoms in total. The summed E-state index contributed by atoms with van der Waals surface area (Å²) in [5, 5.41) is 29.3. The molecule has 1 aromatic carbocycles. The first-order chi connectivity index (χ1) is 15.0. The number of benzene rings is 1. The minimum absolute atomic E-state index is 0.154. The third-order valence-electron chi connectivity index (χ3n) is 4.95. The molecule has 0 saturated carbocycles. The Balaban J connectivity index is 1.56. The van der Waals surface area contributed by atoms with E-state index in [1.165, 1.54) is 11.1 Å². The van der Waals surface area contributed by atoms with E-state index in [4.69, 9.17) is 5.11 Å². The summed E-state index contributed by atoms with van der Waals surface area (Å²) in [5.74, 6) is 0.991. The van der Waals surface area contributed by atoms with Crippen molar-refractivity contribution in [1.82, 2.24) is 19.5 Å². The van der Waals surface area contributed by atoms with Gasteiger partial charge in [0, 0.05) is 19.1 Å². The molecule has 31 heavy (non-hydrogen) atoms. The lowest BCUT2D eigenvalue weighted by molar-refractivity contribution is 0.105. The number of hydrogen-bond acceptors (Lipinski definition) is 8. The number of aliphatic hydroxyl groups is 2. The van der Waals surface area contributed by atoms with E-state index < -0.39 is 6.10 Å². The van der Waals surface area contributed by atoms with Crippen LogP contribution in [0.4, 0.5) is 11.8 Å². The molecule has 1 atom stereocenters.